The first kappa shape index (κ1) is 26.1. The van der Waals surface area contributed by atoms with Crippen LogP contribution < -0.4 is 11.1 Å². The fourth-order valence-corrected chi connectivity index (χ4v) is 5.12. The molecule has 36 heavy (non-hydrogen) atoms. The van der Waals surface area contributed by atoms with E-state index in [-0.39, 0.29) is 11.5 Å². The summed E-state index contributed by atoms with van der Waals surface area (Å²) in [5.74, 6) is 0.112. The van der Waals surface area contributed by atoms with Crippen LogP contribution in [0.15, 0.2) is 30.3 Å². The topological polar surface area (TPSA) is 125 Å². The summed E-state index contributed by atoms with van der Waals surface area (Å²) in [6.45, 7) is 8.97. The lowest BCUT2D eigenvalue weighted by atomic mass is 9.83. The number of aryl methyl sites for hydroxylation is 1. The van der Waals surface area contributed by atoms with Crippen molar-refractivity contribution in [2.75, 3.05) is 37.3 Å². The minimum Gasteiger partial charge on any atom is -0.480 e. The van der Waals surface area contributed by atoms with E-state index in [1.54, 1.807) is 25.1 Å². The lowest BCUT2D eigenvalue weighted by molar-refractivity contribution is -0.150. The molecule has 1 fully saturated rings. The molecule has 2 aromatic rings. The molecular weight excluding hydrogens is 454 g/mol. The van der Waals surface area contributed by atoms with Gasteiger partial charge < -0.3 is 26.3 Å². The summed E-state index contributed by atoms with van der Waals surface area (Å²) in [4.78, 5) is 18.7. The number of nitrogens with one attached hydrogen (secondary N) is 2. The highest BCUT2D eigenvalue weighted by Crippen LogP contribution is 2.33. The number of rotatable bonds is 11. The Morgan fingerprint density at radius 2 is 2.06 bits per heavy atom. The number of fused-ring (bicyclic) bond motifs is 1. The fourth-order valence-electron chi connectivity index (χ4n) is 5.12. The largest absolute Gasteiger partial charge is 0.480 e. The molecule has 0 radical (unpaired) electrons. The zero-order valence-electron chi connectivity index (χ0n) is 21.6. The summed E-state index contributed by atoms with van der Waals surface area (Å²) in [5.41, 5.74) is 10.8. The number of nitrogen functional groups attached to an aromatic ring is 1. The summed E-state index contributed by atoms with van der Waals surface area (Å²) in [7, 11) is 0. The molecule has 0 saturated carbocycles. The van der Waals surface area contributed by atoms with E-state index in [1.165, 1.54) is 5.56 Å². The van der Waals surface area contributed by atoms with Crippen molar-refractivity contribution in [2.45, 2.75) is 65.0 Å². The van der Waals surface area contributed by atoms with Gasteiger partial charge in [0.1, 0.15) is 11.9 Å². The van der Waals surface area contributed by atoms with Crippen molar-refractivity contribution >= 4 is 23.2 Å². The Hall–Kier alpha value is -2.97. The molecule has 0 amide bonds. The van der Waals surface area contributed by atoms with Crippen molar-refractivity contribution < 1.29 is 14.6 Å². The van der Waals surface area contributed by atoms with Crippen molar-refractivity contribution in [1.82, 2.24) is 9.88 Å². The second-order valence-corrected chi connectivity index (χ2v) is 10.9. The number of hydrogen-bond acceptors (Lipinski definition) is 7. The second kappa shape index (κ2) is 11.0. The van der Waals surface area contributed by atoms with Crippen LogP contribution in [0.25, 0.3) is 0 Å². The van der Waals surface area contributed by atoms with Crippen molar-refractivity contribution in [1.29, 1.82) is 5.41 Å². The molecule has 4 rings (SSSR count). The number of unbranched alkanes of at least 4 members (excludes halogenated alkanes) is 2. The van der Waals surface area contributed by atoms with E-state index >= 15 is 0 Å². The first-order valence-corrected chi connectivity index (χ1v) is 12.9. The van der Waals surface area contributed by atoms with Gasteiger partial charge in [-0.1, -0.05) is 44.5 Å². The number of aromatic nitrogens is 1. The van der Waals surface area contributed by atoms with Gasteiger partial charge in [-0.3, -0.25) is 9.69 Å². The third-order valence-electron chi connectivity index (χ3n) is 7.18. The van der Waals surface area contributed by atoms with Gasteiger partial charge in [0.05, 0.1) is 6.10 Å². The van der Waals surface area contributed by atoms with Crippen molar-refractivity contribution in [3.63, 3.8) is 0 Å². The molecule has 2 aliphatic rings. The van der Waals surface area contributed by atoms with Gasteiger partial charge in [-0.05, 0) is 49.7 Å². The standard InChI is InChI=1S/C28H39N5O3/c1-18(29)22-9-7-10-23(24(22)30)25(27(34)35)33-15-21(16-33)36-13-6-4-5-8-20-12-11-19-14-28(2,3)17-31-26(19)32-20/h7,9-12,21,25,29H,4-6,8,13-17,30H2,1-3H3,(H,31,32)(H,34,35). The Labute approximate surface area is 213 Å². The van der Waals surface area contributed by atoms with Crippen LogP contribution in [0.1, 0.15) is 68.5 Å². The summed E-state index contributed by atoms with van der Waals surface area (Å²) in [6, 6.07) is 8.81. The van der Waals surface area contributed by atoms with Gasteiger partial charge in [-0.15, -0.1) is 0 Å². The maximum Gasteiger partial charge on any atom is 0.325 e. The molecule has 5 N–H and O–H groups in total. The van der Waals surface area contributed by atoms with E-state index in [1.807, 2.05) is 4.90 Å². The van der Waals surface area contributed by atoms with Gasteiger partial charge in [0.25, 0.3) is 0 Å². The molecule has 3 heterocycles. The average Bonchev–Trinajstić information content (AvgIpc) is 2.79. The monoisotopic (exact) mass is 493 g/mol. The van der Waals surface area contributed by atoms with Crippen molar-refractivity contribution in [3.05, 3.63) is 52.7 Å². The zero-order chi connectivity index (χ0) is 25.9. The van der Waals surface area contributed by atoms with E-state index in [0.717, 1.165) is 50.2 Å². The molecule has 2 aliphatic heterocycles. The Kier molecular flexibility index (Phi) is 7.95. The van der Waals surface area contributed by atoms with Gasteiger partial charge in [0.15, 0.2) is 0 Å². The fraction of sp³-hybridized carbons (Fsp3) is 0.536. The highest BCUT2D eigenvalue weighted by atomic mass is 16.5. The number of carboxylic acids is 1. The predicted molar refractivity (Wildman–Crippen MR) is 143 cm³/mol. The van der Waals surface area contributed by atoms with Crippen LogP contribution in [0.5, 0.6) is 0 Å². The van der Waals surface area contributed by atoms with Gasteiger partial charge in [0, 0.05) is 54.5 Å². The second-order valence-electron chi connectivity index (χ2n) is 10.9. The number of nitrogens with zero attached hydrogens (tertiary/aromatic N) is 2. The zero-order valence-corrected chi connectivity index (χ0v) is 21.6. The number of carboxylic acid groups (broad SMARTS) is 1. The number of pyridine rings is 1. The first-order chi connectivity index (χ1) is 17.1. The average molecular weight is 494 g/mol. The van der Waals surface area contributed by atoms with Crippen LogP contribution in [0.3, 0.4) is 0 Å². The Morgan fingerprint density at radius 1 is 1.28 bits per heavy atom. The number of aliphatic carboxylic acids is 1. The SMILES string of the molecule is CC(=N)c1cccc(C(C(=O)O)N2CC(OCCCCCc3ccc4c(n3)NCC(C)(C)C4)C2)c1N. The highest BCUT2D eigenvalue weighted by molar-refractivity contribution is 6.02. The third-order valence-corrected chi connectivity index (χ3v) is 7.18. The van der Waals surface area contributed by atoms with E-state index in [2.05, 4.69) is 31.3 Å². The molecule has 194 valence electrons. The van der Waals surface area contributed by atoms with Crippen LogP contribution in [0, 0.1) is 10.8 Å². The molecular formula is C28H39N5O3. The maximum absolute atomic E-state index is 12.0. The molecule has 8 heteroatoms. The van der Waals surface area contributed by atoms with Gasteiger partial charge in [-0.2, -0.15) is 0 Å². The number of likely N-dealkylation sites (tertiary alicyclic amines) is 1. The van der Waals surface area contributed by atoms with Crippen molar-refractivity contribution in [2.24, 2.45) is 5.41 Å². The minimum absolute atomic E-state index is 0.0402. The Morgan fingerprint density at radius 3 is 2.78 bits per heavy atom. The quantitative estimate of drug-likeness (QED) is 0.209. The lowest BCUT2D eigenvalue weighted by Crippen LogP contribution is -2.55. The lowest BCUT2D eigenvalue weighted by Gasteiger charge is -2.42. The maximum atomic E-state index is 12.0. The van der Waals surface area contributed by atoms with Gasteiger partial charge >= 0.3 is 5.97 Å². The van der Waals surface area contributed by atoms with Crippen LogP contribution in [0.4, 0.5) is 11.5 Å². The minimum atomic E-state index is -0.936. The molecule has 1 unspecified atom stereocenters. The van der Waals surface area contributed by atoms with E-state index in [9.17, 15) is 9.90 Å². The van der Waals surface area contributed by atoms with Gasteiger partial charge in [0.2, 0.25) is 0 Å². The summed E-state index contributed by atoms with van der Waals surface area (Å²) < 4.78 is 5.99. The Balaban J connectivity index is 1.17. The highest BCUT2D eigenvalue weighted by Gasteiger charge is 2.38. The summed E-state index contributed by atoms with van der Waals surface area (Å²) in [6.07, 6.45) is 5.18. The van der Waals surface area contributed by atoms with Crippen LogP contribution in [0.2, 0.25) is 0 Å². The first-order valence-electron chi connectivity index (χ1n) is 12.9. The molecule has 1 atom stereocenters. The normalized spacial score (nSPS) is 18.1. The summed E-state index contributed by atoms with van der Waals surface area (Å²) >= 11 is 0. The van der Waals surface area contributed by atoms with Crippen molar-refractivity contribution in [3.8, 4) is 0 Å². The molecule has 1 aromatic carbocycles. The van der Waals surface area contributed by atoms with E-state index in [4.69, 9.17) is 20.9 Å². The smallest absolute Gasteiger partial charge is 0.325 e. The number of hydrogen-bond donors (Lipinski definition) is 4. The molecule has 8 nitrogen and oxygen atoms in total. The number of nitrogens with two attached hydrogens (primary N) is 1. The molecule has 0 bridgehead atoms. The van der Waals surface area contributed by atoms with Crippen LogP contribution >= 0.6 is 0 Å². The number of anilines is 2. The number of benzene rings is 1. The predicted octanol–water partition coefficient (Wildman–Crippen LogP) is 4.29. The number of para-hydroxylation sites is 1. The van der Waals surface area contributed by atoms with E-state index < -0.39 is 12.0 Å². The molecule has 0 spiro atoms. The number of carbonyl (C=O) groups is 1. The Bertz CT molecular complexity index is 1110. The number of ether oxygens (including phenoxy) is 1. The van der Waals surface area contributed by atoms with Crippen LogP contribution in [-0.4, -0.2) is 59.0 Å². The van der Waals surface area contributed by atoms with Gasteiger partial charge in [-0.25, -0.2) is 4.98 Å². The molecule has 1 saturated heterocycles. The molecule has 0 aliphatic carbocycles. The third kappa shape index (κ3) is 6.05. The van der Waals surface area contributed by atoms with E-state index in [0.29, 0.717) is 42.2 Å². The van der Waals surface area contributed by atoms with Crippen LogP contribution in [-0.2, 0) is 22.4 Å². The summed E-state index contributed by atoms with van der Waals surface area (Å²) in [5, 5.41) is 21.2. The molecule has 1 aromatic heterocycles.